The third-order valence-corrected chi connectivity index (χ3v) is 3.36. The van der Waals surface area contributed by atoms with Crippen molar-refractivity contribution in [3.63, 3.8) is 0 Å². The number of aromatic nitrogens is 2. The molecule has 2 rings (SSSR count). The van der Waals surface area contributed by atoms with Gasteiger partial charge in [0.15, 0.2) is 0 Å². The molecule has 1 aliphatic heterocycles. The number of nitriles is 1. The monoisotopic (exact) mass is 259 g/mol. The molecule has 2 heterocycles. The molecule has 0 spiro atoms. The SMILES string of the molecule is CCC(C#N)N1CCN(C(=O)c2cnccn2)CC1. The van der Waals surface area contributed by atoms with Gasteiger partial charge in [0.2, 0.25) is 0 Å². The van der Waals surface area contributed by atoms with Gasteiger partial charge in [-0.1, -0.05) is 6.92 Å². The van der Waals surface area contributed by atoms with E-state index in [-0.39, 0.29) is 11.9 Å². The zero-order valence-electron chi connectivity index (χ0n) is 11.0. The quantitative estimate of drug-likeness (QED) is 0.792. The van der Waals surface area contributed by atoms with E-state index < -0.39 is 0 Å². The molecule has 6 heteroatoms. The lowest BCUT2D eigenvalue weighted by molar-refractivity contribution is 0.0598. The van der Waals surface area contributed by atoms with Gasteiger partial charge < -0.3 is 4.90 Å². The first-order valence-electron chi connectivity index (χ1n) is 6.45. The minimum absolute atomic E-state index is 0.0474. The number of carbonyl (C=O) groups is 1. The summed E-state index contributed by atoms with van der Waals surface area (Å²) in [5.41, 5.74) is 0.378. The lowest BCUT2D eigenvalue weighted by Crippen LogP contribution is -2.51. The second-order valence-corrected chi connectivity index (χ2v) is 4.47. The predicted molar refractivity (Wildman–Crippen MR) is 69.2 cm³/mol. The maximum atomic E-state index is 12.2. The molecule has 1 fully saturated rings. The summed E-state index contributed by atoms with van der Waals surface area (Å²) in [4.78, 5) is 24.0. The van der Waals surface area contributed by atoms with Gasteiger partial charge in [-0.05, 0) is 6.42 Å². The van der Waals surface area contributed by atoms with Gasteiger partial charge in [0.1, 0.15) is 5.69 Å². The standard InChI is InChI=1S/C13H17N5O/c1-2-11(9-14)17-5-7-18(8-6-17)13(19)12-10-15-3-4-16-12/h3-4,10-11H,2,5-8H2,1H3. The minimum atomic E-state index is -0.0854. The summed E-state index contributed by atoms with van der Waals surface area (Å²) in [6, 6.07) is 2.25. The molecule has 1 amide bonds. The maximum absolute atomic E-state index is 12.2. The Morgan fingerprint density at radius 3 is 2.68 bits per heavy atom. The molecule has 19 heavy (non-hydrogen) atoms. The summed E-state index contributed by atoms with van der Waals surface area (Å²) in [6.45, 7) is 4.74. The smallest absolute Gasteiger partial charge is 0.274 e. The molecule has 0 bridgehead atoms. The first-order chi connectivity index (χ1) is 9.26. The Hall–Kier alpha value is -2.00. The van der Waals surface area contributed by atoms with Crippen LogP contribution in [0, 0.1) is 11.3 Å². The molecule has 0 N–H and O–H groups in total. The zero-order chi connectivity index (χ0) is 13.7. The molecule has 1 saturated heterocycles. The van der Waals surface area contributed by atoms with E-state index in [4.69, 9.17) is 5.26 Å². The summed E-state index contributed by atoms with van der Waals surface area (Å²) in [5.74, 6) is -0.0854. The zero-order valence-corrected chi connectivity index (χ0v) is 11.0. The number of hydrogen-bond acceptors (Lipinski definition) is 5. The van der Waals surface area contributed by atoms with Crippen LogP contribution >= 0.6 is 0 Å². The fourth-order valence-corrected chi connectivity index (χ4v) is 2.24. The van der Waals surface area contributed by atoms with Crippen LogP contribution in [0.4, 0.5) is 0 Å². The van der Waals surface area contributed by atoms with Crippen LogP contribution in [0.3, 0.4) is 0 Å². The molecule has 1 unspecified atom stereocenters. The van der Waals surface area contributed by atoms with Crippen molar-refractivity contribution in [3.8, 4) is 6.07 Å². The lowest BCUT2D eigenvalue weighted by atomic mass is 10.2. The molecule has 1 aromatic heterocycles. The molecule has 6 nitrogen and oxygen atoms in total. The predicted octanol–water partition coefficient (Wildman–Crippen LogP) is 0.537. The van der Waals surface area contributed by atoms with Crippen LogP contribution in [0.15, 0.2) is 18.6 Å². The number of nitrogens with zero attached hydrogens (tertiary/aromatic N) is 5. The molecule has 0 aliphatic carbocycles. The number of hydrogen-bond donors (Lipinski definition) is 0. The Kier molecular flexibility index (Phi) is 4.42. The Balaban J connectivity index is 1.94. The Morgan fingerprint density at radius 2 is 2.16 bits per heavy atom. The normalized spacial score (nSPS) is 17.8. The van der Waals surface area contributed by atoms with E-state index in [0.29, 0.717) is 18.8 Å². The van der Waals surface area contributed by atoms with Crippen molar-refractivity contribution in [3.05, 3.63) is 24.3 Å². The van der Waals surface area contributed by atoms with Crippen molar-refractivity contribution in [1.82, 2.24) is 19.8 Å². The van der Waals surface area contributed by atoms with Gasteiger partial charge in [-0.3, -0.25) is 14.7 Å². The third-order valence-electron chi connectivity index (χ3n) is 3.36. The van der Waals surface area contributed by atoms with Crippen molar-refractivity contribution in [2.75, 3.05) is 26.2 Å². The average Bonchev–Trinajstić information content (AvgIpc) is 2.49. The molecule has 1 aliphatic rings. The number of amides is 1. The highest BCUT2D eigenvalue weighted by Gasteiger charge is 2.26. The first-order valence-corrected chi connectivity index (χ1v) is 6.45. The number of carbonyl (C=O) groups excluding carboxylic acids is 1. The van der Waals surface area contributed by atoms with Crippen molar-refractivity contribution in [2.45, 2.75) is 19.4 Å². The van der Waals surface area contributed by atoms with Crippen LogP contribution in [-0.4, -0.2) is 57.9 Å². The van der Waals surface area contributed by atoms with E-state index in [0.717, 1.165) is 19.5 Å². The van der Waals surface area contributed by atoms with Gasteiger partial charge in [0, 0.05) is 38.6 Å². The summed E-state index contributed by atoms with van der Waals surface area (Å²) in [7, 11) is 0. The van der Waals surface area contributed by atoms with Gasteiger partial charge in [-0.15, -0.1) is 0 Å². The van der Waals surface area contributed by atoms with Crippen molar-refractivity contribution in [2.24, 2.45) is 0 Å². The molecule has 100 valence electrons. The highest BCUT2D eigenvalue weighted by atomic mass is 16.2. The molecule has 0 aromatic carbocycles. The summed E-state index contributed by atoms with van der Waals surface area (Å²) >= 11 is 0. The number of rotatable bonds is 3. The molecular weight excluding hydrogens is 242 g/mol. The van der Waals surface area contributed by atoms with E-state index in [1.165, 1.54) is 12.4 Å². The largest absolute Gasteiger partial charge is 0.335 e. The molecule has 1 aromatic rings. The summed E-state index contributed by atoms with van der Waals surface area (Å²) in [5, 5.41) is 9.04. The van der Waals surface area contributed by atoms with Crippen LogP contribution < -0.4 is 0 Å². The van der Waals surface area contributed by atoms with Crippen molar-refractivity contribution >= 4 is 5.91 Å². The summed E-state index contributed by atoms with van der Waals surface area (Å²) < 4.78 is 0. The van der Waals surface area contributed by atoms with Crippen molar-refractivity contribution < 1.29 is 4.79 Å². The van der Waals surface area contributed by atoms with Crippen LogP contribution in [0.1, 0.15) is 23.8 Å². The van der Waals surface area contributed by atoms with Gasteiger partial charge in [0.05, 0.1) is 18.3 Å². The Morgan fingerprint density at radius 1 is 1.42 bits per heavy atom. The second kappa shape index (κ2) is 6.25. The second-order valence-electron chi connectivity index (χ2n) is 4.47. The topological polar surface area (TPSA) is 73.1 Å². The van der Waals surface area contributed by atoms with Crippen LogP contribution in [0.2, 0.25) is 0 Å². The van der Waals surface area contributed by atoms with E-state index in [1.54, 1.807) is 11.1 Å². The Bertz CT molecular complexity index is 462. The van der Waals surface area contributed by atoms with Gasteiger partial charge in [-0.25, -0.2) is 4.98 Å². The fraction of sp³-hybridized carbons (Fsp3) is 0.538. The lowest BCUT2D eigenvalue weighted by Gasteiger charge is -2.36. The summed E-state index contributed by atoms with van der Waals surface area (Å²) in [6.07, 6.45) is 5.37. The van der Waals surface area contributed by atoms with E-state index >= 15 is 0 Å². The first kappa shape index (κ1) is 13.4. The van der Waals surface area contributed by atoms with Crippen LogP contribution in [-0.2, 0) is 0 Å². The van der Waals surface area contributed by atoms with E-state index in [2.05, 4.69) is 20.9 Å². The highest BCUT2D eigenvalue weighted by Crippen LogP contribution is 2.10. The minimum Gasteiger partial charge on any atom is -0.335 e. The van der Waals surface area contributed by atoms with Crippen LogP contribution in [0.5, 0.6) is 0 Å². The number of piperazine rings is 1. The maximum Gasteiger partial charge on any atom is 0.274 e. The Labute approximate surface area is 112 Å². The third kappa shape index (κ3) is 3.06. The molecule has 1 atom stereocenters. The van der Waals surface area contributed by atoms with Crippen molar-refractivity contribution in [1.29, 1.82) is 5.26 Å². The average molecular weight is 259 g/mol. The van der Waals surface area contributed by atoms with E-state index in [9.17, 15) is 4.79 Å². The molecular formula is C13H17N5O. The van der Waals surface area contributed by atoms with E-state index in [1.807, 2.05) is 6.92 Å². The van der Waals surface area contributed by atoms with Crippen LogP contribution in [0.25, 0.3) is 0 Å². The van der Waals surface area contributed by atoms with Gasteiger partial charge in [-0.2, -0.15) is 5.26 Å². The van der Waals surface area contributed by atoms with Gasteiger partial charge in [0.25, 0.3) is 5.91 Å². The molecule has 0 radical (unpaired) electrons. The van der Waals surface area contributed by atoms with Gasteiger partial charge >= 0.3 is 0 Å². The molecule has 0 saturated carbocycles. The highest BCUT2D eigenvalue weighted by molar-refractivity contribution is 5.92. The fourth-order valence-electron chi connectivity index (χ4n) is 2.24.